The number of rotatable bonds is 24. The molecule has 8 aliphatic rings. The van der Waals surface area contributed by atoms with Gasteiger partial charge in [0.1, 0.15) is 11.5 Å². The summed E-state index contributed by atoms with van der Waals surface area (Å²) in [6.45, 7) is 5.91. The molecule has 62 heavy (non-hydrogen) atoms. The summed E-state index contributed by atoms with van der Waals surface area (Å²) < 4.78 is 13.4. The first-order valence-electron chi connectivity index (χ1n) is 24.4. The Balaban J connectivity index is 1.02. The van der Waals surface area contributed by atoms with E-state index in [1.165, 1.54) is 116 Å². The normalized spacial score (nSPS) is 19.8. The lowest BCUT2D eigenvalue weighted by atomic mass is 9.94. The minimum atomic E-state index is 0.397. The number of hydrogen-bond donors (Lipinski definition) is 2. The lowest BCUT2D eigenvalue weighted by Gasteiger charge is -2.23. The van der Waals surface area contributed by atoms with Crippen LogP contribution < -0.4 is 10.9 Å². The smallest absolute Gasteiger partial charge is 0.247 e. The third-order valence-electron chi connectivity index (χ3n) is 12.8. The molecule has 8 bridgehead atoms. The van der Waals surface area contributed by atoms with Gasteiger partial charge in [-0.2, -0.15) is 15.0 Å². The molecule has 5 heterocycles. The number of aliphatic imine (C=N–C) groups is 8. The largest absolute Gasteiger partial charge is 0.494 e. The third-order valence-corrected chi connectivity index (χ3v) is 12.8. The average molecular weight is 841 g/mol. The molecule has 2 N–H and O–H groups in total. The van der Waals surface area contributed by atoms with E-state index in [2.05, 4.69) is 54.0 Å². The van der Waals surface area contributed by atoms with Crippen LogP contribution in [0.2, 0.25) is 0 Å². The first-order chi connectivity index (χ1) is 30.7. The number of allylic oxidation sites excluding steroid dienone is 6. The van der Waals surface area contributed by atoms with Gasteiger partial charge in [-0.25, -0.2) is 25.0 Å². The van der Waals surface area contributed by atoms with E-state index in [1.807, 2.05) is 0 Å². The second-order valence-corrected chi connectivity index (χ2v) is 17.6. The summed E-state index contributed by atoms with van der Waals surface area (Å²) in [4.78, 5) is 40.1. The lowest BCUT2D eigenvalue weighted by Crippen LogP contribution is -2.32. The lowest BCUT2D eigenvalue weighted by molar-refractivity contribution is 0.138. The molecule has 0 atom stereocenters. The van der Waals surface area contributed by atoms with Crippen LogP contribution in [0.4, 0.5) is 0 Å². The predicted molar refractivity (Wildman–Crippen MR) is 255 cm³/mol. The van der Waals surface area contributed by atoms with Crippen LogP contribution in [0, 0.1) is 0 Å². The fraction of sp³-hybridized carbons (Fsp3) is 0.600. The predicted octanol–water partition coefficient (Wildman–Crippen LogP) is 11.7. The van der Waals surface area contributed by atoms with Gasteiger partial charge in [-0.15, -0.1) is 0 Å². The molecule has 12 nitrogen and oxygen atoms in total. The highest BCUT2D eigenvalue weighted by atomic mass is 16.5. The number of hydrogen-bond acceptors (Lipinski definition) is 12. The monoisotopic (exact) mass is 841 g/mol. The van der Waals surface area contributed by atoms with Gasteiger partial charge in [0.05, 0.1) is 13.2 Å². The number of nitrogens with zero attached hydrogens (tertiary/aromatic N) is 8. The zero-order valence-electron chi connectivity index (χ0n) is 37.5. The molecule has 0 radical (unpaired) electrons. The van der Waals surface area contributed by atoms with Crippen LogP contribution in [-0.2, 0) is 9.47 Å². The van der Waals surface area contributed by atoms with Gasteiger partial charge >= 0.3 is 0 Å². The van der Waals surface area contributed by atoms with Crippen molar-refractivity contribution < 1.29 is 9.47 Å². The Kier molecular flexibility index (Phi) is 15.8. The summed E-state index contributed by atoms with van der Waals surface area (Å²) in [7, 11) is 0. The highest BCUT2D eigenvalue weighted by molar-refractivity contribution is 6.32. The van der Waals surface area contributed by atoms with Gasteiger partial charge in [0.2, 0.25) is 11.9 Å². The topological polar surface area (TPSA) is 141 Å². The summed E-state index contributed by atoms with van der Waals surface area (Å²) in [6, 6.07) is 0. The number of guanidine groups is 2. The molecule has 3 aliphatic carbocycles. The standard InChI is InChI=1S/C50H68N10O2/c1-3-5-7-9-11-13-15-17-19-25-31-61-41-33-39-40(34-42(41)62-32-26-20-18-16-14-12-10-8-6-4-2)48-54-44-36-28-22-24-30-38(36)46(52-44)57-50-58-49(59-60-50)56-45-37-29-23-21-27-35(37)43(51-45)53-47(39)55-48/h21-24H,3-20,25-34H2,1-2H3,(H2,51,52,53,54,55,56,57,58,59,60). The maximum Gasteiger partial charge on any atom is 0.247 e. The van der Waals surface area contributed by atoms with E-state index >= 15 is 0 Å². The fourth-order valence-electron chi connectivity index (χ4n) is 9.23. The molecule has 0 aromatic heterocycles. The quantitative estimate of drug-likeness (QED) is 0.0737. The summed E-state index contributed by atoms with van der Waals surface area (Å²) >= 11 is 0. The second-order valence-electron chi connectivity index (χ2n) is 17.6. The van der Waals surface area contributed by atoms with E-state index in [-0.39, 0.29) is 0 Å². The van der Waals surface area contributed by atoms with E-state index in [0.717, 1.165) is 83.5 Å². The Hall–Kier alpha value is -5.00. The Bertz CT molecular complexity index is 2130. The van der Waals surface area contributed by atoms with Gasteiger partial charge in [0, 0.05) is 46.3 Å². The Morgan fingerprint density at radius 2 is 0.661 bits per heavy atom. The molecule has 0 aromatic carbocycles. The molecule has 0 spiro atoms. The van der Waals surface area contributed by atoms with Crippen LogP contribution in [0.15, 0.2) is 109 Å². The van der Waals surface area contributed by atoms with E-state index in [9.17, 15) is 0 Å². The van der Waals surface area contributed by atoms with Crippen molar-refractivity contribution in [3.8, 4) is 0 Å². The Morgan fingerprint density at radius 1 is 0.355 bits per heavy atom. The van der Waals surface area contributed by atoms with Crippen LogP contribution in [0.3, 0.4) is 0 Å². The summed E-state index contributed by atoms with van der Waals surface area (Å²) in [5.74, 6) is 6.33. The van der Waals surface area contributed by atoms with Crippen LogP contribution in [0.1, 0.15) is 181 Å². The molecule has 12 heteroatoms. The number of fused-ring (bicyclic) bond motifs is 10. The minimum Gasteiger partial charge on any atom is -0.494 e. The Labute approximate surface area is 369 Å². The van der Waals surface area contributed by atoms with E-state index < -0.39 is 0 Å². The second kappa shape index (κ2) is 22.4. The molecular formula is C50H68N10O2. The van der Waals surface area contributed by atoms with Crippen molar-refractivity contribution in [1.82, 2.24) is 10.9 Å². The molecule has 330 valence electrons. The van der Waals surface area contributed by atoms with Gasteiger partial charge < -0.3 is 9.47 Å². The maximum atomic E-state index is 6.72. The van der Waals surface area contributed by atoms with Crippen molar-refractivity contribution >= 4 is 46.9 Å². The molecule has 8 rings (SSSR count). The number of amidine groups is 6. The van der Waals surface area contributed by atoms with Gasteiger partial charge in [-0.05, 0) is 38.5 Å². The van der Waals surface area contributed by atoms with Gasteiger partial charge in [0.25, 0.3) is 0 Å². The van der Waals surface area contributed by atoms with Crippen molar-refractivity contribution in [2.45, 2.75) is 181 Å². The van der Waals surface area contributed by atoms with Crippen molar-refractivity contribution in [3.63, 3.8) is 0 Å². The average Bonchev–Trinajstić information content (AvgIpc) is 4.06. The first kappa shape index (κ1) is 43.6. The minimum absolute atomic E-state index is 0.397. The molecule has 0 aromatic rings. The van der Waals surface area contributed by atoms with E-state index in [1.54, 1.807) is 0 Å². The maximum absolute atomic E-state index is 6.72. The van der Waals surface area contributed by atoms with Crippen molar-refractivity contribution in [2.24, 2.45) is 39.9 Å². The van der Waals surface area contributed by atoms with Gasteiger partial charge in [-0.1, -0.05) is 154 Å². The van der Waals surface area contributed by atoms with E-state index in [0.29, 0.717) is 73.0 Å². The van der Waals surface area contributed by atoms with Crippen LogP contribution in [0.5, 0.6) is 0 Å². The Morgan fingerprint density at radius 3 is 1.05 bits per heavy atom. The van der Waals surface area contributed by atoms with Gasteiger partial charge in [0.15, 0.2) is 35.0 Å². The first-order valence-corrected chi connectivity index (χ1v) is 24.4. The number of nitrogens with one attached hydrogen (secondary N) is 2. The van der Waals surface area contributed by atoms with Crippen molar-refractivity contribution in [1.29, 1.82) is 0 Å². The molecule has 5 aliphatic heterocycles. The van der Waals surface area contributed by atoms with Crippen LogP contribution >= 0.6 is 0 Å². The highest BCUT2D eigenvalue weighted by Crippen LogP contribution is 2.39. The molecular weight excluding hydrogens is 773 g/mol. The van der Waals surface area contributed by atoms with Crippen LogP contribution in [-0.4, -0.2) is 60.1 Å². The molecule has 0 saturated carbocycles. The zero-order valence-corrected chi connectivity index (χ0v) is 37.5. The summed E-state index contributed by atoms with van der Waals surface area (Å²) in [5, 5.41) is 0. The highest BCUT2D eigenvalue weighted by Gasteiger charge is 2.36. The molecule has 0 saturated heterocycles. The zero-order chi connectivity index (χ0) is 42.4. The third kappa shape index (κ3) is 11.1. The SMILES string of the molecule is CCCCCCCCCCCCOC1=C(OCCCCCCCCCCCC)CC2=C(C1)C1=NC3=NC(=NC4=NC(=NC5=NC(=NC2=N1)C1=C5CC=CC1)NN4)C1=C3CC=CC1. The number of hydrazine groups is 1. The summed E-state index contributed by atoms with van der Waals surface area (Å²) in [5.41, 5.74) is 12.4. The van der Waals surface area contributed by atoms with Crippen LogP contribution in [0.25, 0.3) is 0 Å². The molecule has 0 amide bonds. The number of unbranched alkanes of at least 4 members (excludes halogenated alkanes) is 18. The molecule has 0 fully saturated rings. The number of ether oxygens (including phenoxy) is 2. The van der Waals surface area contributed by atoms with E-state index in [4.69, 9.17) is 44.4 Å². The van der Waals surface area contributed by atoms with Crippen molar-refractivity contribution in [3.05, 3.63) is 69.3 Å². The molecule has 0 unspecified atom stereocenters. The fourth-order valence-corrected chi connectivity index (χ4v) is 9.23. The summed E-state index contributed by atoms with van der Waals surface area (Å²) in [6.07, 6.45) is 38.5. The van der Waals surface area contributed by atoms with Crippen molar-refractivity contribution in [2.75, 3.05) is 13.2 Å². The van der Waals surface area contributed by atoms with Gasteiger partial charge in [-0.3, -0.25) is 10.9 Å².